The summed E-state index contributed by atoms with van der Waals surface area (Å²) in [4.78, 5) is 11.0. The molecule has 2 fully saturated rings. The van der Waals surface area contributed by atoms with Crippen molar-refractivity contribution in [2.45, 2.75) is 25.3 Å². The third-order valence-electron chi connectivity index (χ3n) is 3.43. The summed E-state index contributed by atoms with van der Waals surface area (Å²) in [6.07, 6.45) is 3.01. The molecule has 1 spiro atoms. The van der Waals surface area contributed by atoms with Crippen LogP contribution < -0.4 is 10.6 Å². The maximum atomic E-state index is 11.0. The number of rotatable bonds is 1. The molecule has 4 nitrogen and oxygen atoms in total. The molecule has 0 aromatic rings. The molecule has 0 saturated carbocycles. The van der Waals surface area contributed by atoms with Gasteiger partial charge in [0.2, 0.25) is 0 Å². The third kappa shape index (κ3) is 1.44. The number of carboxylic acid groups (broad SMARTS) is 1. The van der Waals surface area contributed by atoms with Crippen LogP contribution in [0.25, 0.3) is 0 Å². The fourth-order valence-corrected chi connectivity index (χ4v) is 2.64. The molecule has 1 unspecified atom stereocenters. The van der Waals surface area contributed by atoms with E-state index < -0.39 is 5.97 Å². The van der Waals surface area contributed by atoms with Crippen LogP contribution in [0.4, 0.5) is 0 Å². The molecule has 2 aliphatic heterocycles. The molecule has 2 heterocycles. The fourth-order valence-electron chi connectivity index (χ4n) is 2.64. The second-order valence-corrected chi connectivity index (χ2v) is 4.09. The van der Waals surface area contributed by atoms with Gasteiger partial charge in [-0.05, 0) is 38.9 Å². The van der Waals surface area contributed by atoms with Crippen LogP contribution in [0.2, 0.25) is 0 Å². The number of hydrogen-bond acceptors (Lipinski definition) is 3. The van der Waals surface area contributed by atoms with Crippen LogP contribution in [0.5, 0.6) is 0 Å². The van der Waals surface area contributed by atoms with Gasteiger partial charge in [-0.25, -0.2) is 0 Å². The molecule has 0 aliphatic carbocycles. The van der Waals surface area contributed by atoms with E-state index in [4.69, 9.17) is 5.11 Å². The zero-order valence-corrected chi connectivity index (χ0v) is 7.68. The van der Waals surface area contributed by atoms with E-state index >= 15 is 0 Å². The number of carboxylic acids is 1. The van der Waals surface area contributed by atoms with Crippen LogP contribution in [-0.4, -0.2) is 36.8 Å². The van der Waals surface area contributed by atoms with E-state index in [1.807, 2.05) is 0 Å². The summed E-state index contributed by atoms with van der Waals surface area (Å²) >= 11 is 0. The molecule has 0 amide bonds. The van der Waals surface area contributed by atoms with Gasteiger partial charge >= 0.3 is 5.97 Å². The third-order valence-corrected chi connectivity index (χ3v) is 3.43. The minimum absolute atomic E-state index is 0.0388. The van der Waals surface area contributed by atoms with Gasteiger partial charge in [0.05, 0.1) is 0 Å². The van der Waals surface area contributed by atoms with Crippen LogP contribution in [0.1, 0.15) is 19.3 Å². The van der Waals surface area contributed by atoms with Crippen molar-refractivity contribution in [2.24, 2.45) is 5.41 Å². The summed E-state index contributed by atoms with van der Waals surface area (Å²) in [5.41, 5.74) is 0.0388. The van der Waals surface area contributed by atoms with Crippen molar-refractivity contribution in [3.63, 3.8) is 0 Å². The Balaban J connectivity index is 2.13. The zero-order chi connectivity index (χ0) is 9.31. The van der Waals surface area contributed by atoms with Gasteiger partial charge in [0.1, 0.15) is 6.04 Å². The Bertz CT molecular complexity index is 212. The van der Waals surface area contributed by atoms with Gasteiger partial charge in [0.25, 0.3) is 0 Å². The predicted octanol–water partition coefficient (Wildman–Crippen LogP) is -0.197. The average molecular weight is 184 g/mol. The van der Waals surface area contributed by atoms with Gasteiger partial charge in [-0.2, -0.15) is 0 Å². The first kappa shape index (κ1) is 8.97. The van der Waals surface area contributed by atoms with Crippen molar-refractivity contribution in [1.82, 2.24) is 10.6 Å². The van der Waals surface area contributed by atoms with Crippen molar-refractivity contribution >= 4 is 5.97 Å². The summed E-state index contributed by atoms with van der Waals surface area (Å²) < 4.78 is 0. The van der Waals surface area contributed by atoms with Gasteiger partial charge in [0.15, 0.2) is 0 Å². The Kier molecular flexibility index (Phi) is 2.26. The summed E-state index contributed by atoms with van der Waals surface area (Å²) in [5, 5.41) is 15.4. The number of hydrogen-bond donors (Lipinski definition) is 3. The molecular weight excluding hydrogens is 168 g/mol. The Hall–Kier alpha value is -0.610. The smallest absolute Gasteiger partial charge is 0.321 e. The van der Waals surface area contributed by atoms with E-state index in [-0.39, 0.29) is 11.5 Å². The van der Waals surface area contributed by atoms with Crippen LogP contribution in [0.15, 0.2) is 0 Å². The average Bonchev–Trinajstić information content (AvgIpc) is 2.50. The highest BCUT2D eigenvalue weighted by Gasteiger charge is 2.46. The normalized spacial score (nSPS) is 32.2. The van der Waals surface area contributed by atoms with E-state index in [0.717, 1.165) is 38.9 Å². The number of piperidine rings is 1. The van der Waals surface area contributed by atoms with Gasteiger partial charge in [-0.1, -0.05) is 0 Å². The largest absolute Gasteiger partial charge is 0.480 e. The molecule has 4 heteroatoms. The van der Waals surface area contributed by atoms with E-state index in [1.54, 1.807) is 0 Å². The SMILES string of the molecule is O=C(O)C1NCCC12CCNCC2. The highest BCUT2D eigenvalue weighted by Crippen LogP contribution is 2.39. The van der Waals surface area contributed by atoms with Crippen LogP contribution in [0.3, 0.4) is 0 Å². The Morgan fingerprint density at radius 2 is 1.85 bits per heavy atom. The quantitative estimate of drug-likeness (QED) is 0.528. The number of carbonyl (C=O) groups is 1. The van der Waals surface area contributed by atoms with Crippen molar-refractivity contribution < 1.29 is 9.90 Å². The van der Waals surface area contributed by atoms with Gasteiger partial charge in [-0.15, -0.1) is 0 Å². The van der Waals surface area contributed by atoms with Gasteiger partial charge in [-0.3, -0.25) is 4.79 Å². The minimum atomic E-state index is -0.681. The van der Waals surface area contributed by atoms with Gasteiger partial charge in [0, 0.05) is 5.41 Å². The molecule has 2 rings (SSSR count). The molecule has 1 atom stereocenters. The van der Waals surface area contributed by atoms with Crippen molar-refractivity contribution in [3.8, 4) is 0 Å². The van der Waals surface area contributed by atoms with E-state index in [2.05, 4.69) is 10.6 Å². The maximum Gasteiger partial charge on any atom is 0.321 e. The summed E-state index contributed by atoms with van der Waals surface area (Å²) in [7, 11) is 0. The summed E-state index contributed by atoms with van der Waals surface area (Å²) in [5.74, 6) is -0.681. The highest BCUT2D eigenvalue weighted by atomic mass is 16.4. The lowest BCUT2D eigenvalue weighted by Gasteiger charge is -2.36. The van der Waals surface area contributed by atoms with Crippen molar-refractivity contribution in [2.75, 3.05) is 19.6 Å². The second kappa shape index (κ2) is 3.27. The molecule has 74 valence electrons. The highest BCUT2D eigenvalue weighted by molar-refractivity contribution is 5.75. The topological polar surface area (TPSA) is 61.4 Å². The summed E-state index contributed by atoms with van der Waals surface area (Å²) in [6, 6.07) is -0.311. The molecule has 3 N–H and O–H groups in total. The minimum Gasteiger partial charge on any atom is -0.480 e. The molecule has 2 saturated heterocycles. The number of aliphatic carboxylic acids is 1. The molecule has 13 heavy (non-hydrogen) atoms. The zero-order valence-electron chi connectivity index (χ0n) is 7.68. The lowest BCUT2D eigenvalue weighted by atomic mass is 9.73. The lowest BCUT2D eigenvalue weighted by molar-refractivity contribution is -0.142. The standard InChI is InChI=1S/C9H16N2O2/c12-8(13)7-9(3-6-11-7)1-4-10-5-2-9/h7,10-11H,1-6H2,(H,12,13). The van der Waals surface area contributed by atoms with E-state index in [0.29, 0.717) is 0 Å². The van der Waals surface area contributed by atoms with Gasteiger partial charge < -0.3 is 15.7 Å². The molecular formula is C9H16N2O2. The maximum absolute atomic E-state index is 11.0. The summed E-state index contributed by atoms with van der Waals surface area (Å²) in [6.45, 7) is 2.79. The van der Waals surface area contributed by atoms with Crippen LogP contribution in [0, 0.1) is 5.41 Å². The second-order valence-electron chi connectivity index (χ2n) is 4.09. The van der Waals surface area contributed by atoms with Crippen LogP contribution in [-0.2, 0) is 4.79 Å². The first-order chi connectivity index (χ1) is 6.25. The van der Waals surface area contributed by atoms with E-state index in [1.165, 1.54) is 0 Å². The fraction of sp³-hybridized carbons (Fsp3) is 0.889. The first-order valence-electron chi connectivity index (χ1n) is 4.92. The lowest BCUT2D eigenvalue weighted by Crippen LogP contribution is -2.48. The monoisotopic (exact) mass is 184 g/mol. The van der Waals surface area contributed by atoms with Crippen LogP contribution >= 0.6 is 0 Å². The van der Waals surface area contributed by atoms with Crippen molar-refractivity contribution in [1.29, 1.82) is 0 Å². The van der Waals surface area contributed by atoms with E-state index in [9.17, 15) is 4.79 Å². The molecule has 0 aromatic carbocycles. The molecule has 0 aromatic heterocycles. The van der Waals surface area contributed by atoms with Crippen molar-refractivity contribution in [3.05, 3.63) is 0 Å². The Labute approximate surface area is 77.7 Å². The first-order valence-corrected chi connectivity index (χ1v) is 4.92. The number of nitrogens with one attached hydrogen (secondary N) is 2. The Morgan fingerprint density at radius 1 is 1.23 bits per heavy atom. The predicted molar refractivity (Wildman–Crippen MR) is 48.6 cm³/mol. The Morgan fingerprint density at radius 3 is 2.46 bits per heavy atom. The molecule has 0 bridgehead atoms. The molecule has 2 aliphatic rings. The molecule has 0 radical (unpaired) electrons.